The van der Waals surface area contributed by atoms with Crippen molar-refractivity contribution in [2.45, 2.75) is 6.92 Å². The van der Waals surface area contributed by atoms with Gasteiger partial charge in [0.1, 0.15) is 5.58 Å². The van der Waals surface area contributed by atoms with Crippen LogP contribution < -0.4 is 10.3 Å². The Morgan fingerprint density at radius 2 is 1.66 bits per heavy atom. The minimum Gasteiger partial charge on any atom is -0.451 e. The van der Waals surface area contributed by atoms with Crippen LogP contribution in [0.2, 0.25) is 5.02 Å². The zero-order valence-corrected chi connectivity index (χ0v) is 16.6. The molecule has 3 aromatic rings. The lowest BCUT2D eigenvalue weighted by Gasteiger charge is -2.35. The smallest absolute Gasteiger partial charge is 0.289 e. The van der Waals surface area contributed by atoms with E-state index in [0.717, 1.165) is 5.69 Å². The van der Waals surface area contributed by atoms with Gasteiger partial charge in [0.2, 0.25) is 0 Å². The number of amides is 1. The first-order valence-corrected chi connectivity index (χ1v) is 9.69. The lowest BCUT2D eigenvalue weighted by atomic mass is 10.1. The summed E-state index contributed by atoms with van der Waals surface area (Å²) in [5.41, 5.74) is 1.74. The Hall–Kier alpha value is -3.12. The van der Waals surface area contributed by atoms with Gasteiger partial charge >= 0.3 is 0 Å². The largest absolute Gasteiger partial charge is 0.451 e. The van der Waals surface area contributed by atoms with Gasteiger partial charge in [-0.1, -0.05) is 11.6 Å². The second-order valence-corrected chi connectivity index (χ2v) is 7.43. The Labute approximate surface area is 172 Å². The van der Waals surface area contributed by atoms with Crippen molar-refractivity contribution in [3.8, 4) is 0 Å². The number of benzene rings is 2. The van der Waals surface area contributed by atoms with Crippen molar-refractivity contribution < 1.29 is 14.0 Å². The SMILES string of the molecule is CC(=O)c1ccc(N2CCN(C(=O)c3cc(=O)c4cc(Cl)ccc4o3)CC2)cc1. The zero-order chi connectivity index (χ0) is 20.5. The molecule has 4 rings (SSSR count). The molecular weight excluding hydrogens is 392 g/mol. The Kier molecular flexibility index (Phi) is 5.11. The molecule has 0 N–H and O–H groups in total. The summed E-state index contributed by atoms with van der Waals surface area (Å²) in [6.07, 6.45) is 0. The van der Waals surface area contributed by atoms with Crippen LogP contribution in [0.3, 0.4) is 0 Å². The van der Waals surface area contributed by atoms with Crippen LogP contribution in [0.1, 0.15) is 27.8 Å². The van der Waals surface area contributed by atoms with E-state index in [1.165, 1.54) is 12.1 Å². The van der Waals surface area contributed by atoms with Crippen molar-refractivity contribution >= 4 is 39.9 Å². The van der Waals surface area contributed by atoms with Crippen LogP contribution in [0.4, 0.5) is 5.69 Å². The molecule has 0 saturated carbocycles. The van der Waals surface area contributed by atoms with Gasteiger partial charge in [0.05, 0.1) is 5.39 Å². The van der Waals surface area contributed by atoms with Gasteiger partial charge in [-0.2, -0.15) is 0 Å². The third-order valence-corrected chi connectivity index (χ3v) is 5.34. The van der Waals surface area contributed by atoms with E-state index in [9.17, 15) is 14.4 Å². The number of carbonyl (C=O) groups excluding carboxylic acids is 2. The molecule has 6 nitrogen and oxygen atoms in total. The minimum absolute atomic E-state index is 0.0316. The number of rotatable bonds is 3. The maximum Gasteiger partial charge on any atom is 0.289 e. The third kappa shape index (κ3) is 3.89. The number of ketones is 1. The Morgan fingerprint density at radius 3 is 2.31 bits per heavy atom. The molecule has 2 heterocycles. The third-order valence-electron chi connectivity index (χ3n) is 5.11. The number of anilines is 1. The number of halogens is 1. The number of carbonyl (C=O) groups is 2. The van der Waals surface area contributed by atoms with E-state index < -0.39 is 0 Å². The summed E-state index contributed by atoms with van der Waals surface area (Å²) in [7, 11) is 0. The van der Waals surface area contributed by atoms with Gasteiger partial charge in [-0.05, 0) is 49.4 Å². The molecular formula is C22H19ClN2O4. The van der Waals surface area contributed by atoms with Crippen LogP contribution in [0.5, 0.6) is 0 Å². The van der Waals surface area contributed by atoms with E-state index in [-0.39, 0.29) is 22.9 Å². The number of fused-ring (bicyclic) bond motifs is 1. The predicted molar refractivity (Wildman–Crippen MR) is 112 cm³/mol. The molecule has 2 aromatic carbocycles. The molecule has 1 saturated heterocycles. The molecule has 0 radical (unpaired) electrons. The molecule has 1 fully saturated rings. The lowest BCUT2D eigenvalue weighted by Crippen LogP contribution is -2.48. The van der Waals surface area contributed by atoms with E-state index in [1.807, 2.05) is 24.3 Å². The summed E-state index contributed by atoms with van der Waals surface area (Å²) in [6, 6.07) is 13.4. The summed E-state index contributed by atoms with van der Waals surface area (Å²) >= 11 is 5.93. The average molecular weight is 411 g/mol. The van der Waals surface area contributed by atoms with Crippen molar-refractivity contribution in [3.63, 3.8) is 0 Å². The van der Waals surface area contributed by atoms with Crippen LogP contribution in [-0.2, 0) is 0 Å². The van der Waals surface area contributed by atoms with Crippen molar-refractivity contribution in [2.75, 3.05) is 31.1 Å². The number of piperazine rings is 1. The highest BCUT2D eigenvalue weighted by atomic mass is 35.5. The molecule has 0 bridgehead atoms. The van der Waals surface area contributed by atoms with E-state index in [1.54, 1.807) is 24.0 Å². The molecule has 1 aromatic heterocycles. The van der Waals surface area contributed by atoms with Gasteiger partial charge in [-0.25, -0.2) is 0 Å². The molecule has 0 aliphatic carbocycles. The van der Waals surface area contributed by atoms with E-state index >= 15 is 0 Å². The standard InChI is InChI=1S/C22H19ClN2O4/c1-14(26)15-2-5-17(6-3-15)24-8-10-25(11-9-24)22(28)21-13-19(27)18-12-16(23)4-7-20(18)29-21/h2-7,12-13H,8-11H2,1H3. The normalized spacial score (nSPS) is 14.3. The van der Waals surface area contributed by atoms with Crippen molar-refractivity contribution in [1.29, 1.82) is 0 Å². The lowest BCUT2D eigenvalue weighted by molar-refractivity contribution is 0.0715. The molecule has 1 aliphatic heterocycles. The maximum absolute atomic E-state index is 12.8. The molecule has 29 heavy (non-hydrogen) atoms. The summed E-state index contributed by atoms with van der Waals surface area (Å²) in [4.78, 5) is 40.4. The molecule has 7 heteroatoms. The van der Waals surface area contributed by atoms with Crippen LogP contribution in [0, 0.1) is 0 Å². The fourth-order valence-electron chi connectivity index (χ4n) is 3.46. The van der Waals surface area contributed by atoms with E-state index in [4.69, 9.17) is 16.0 Å². The number of hydrogen-bond donors (Lipinski definition) is 0. The molecule has 0 unspecified atom stereocenters. The van der Waals surface area contributed by atoms with Crippen LogP contribution in [0.15, 0.2) is 57.7 Å². The quantitative estimate of drug-likeness (QED) is 0.617. The van der Waals surface area contributed by atoms with Crippen LogP contribution >= 0.6 is 11.6 Å². The highest BCUT2D eigenvalue weighted by molar-refractivity contribution is 6.31. The van der Waals surface area contributed by atoms with Gasteiger partial charge < -0.3 is 14.2 Å². The number of Topliss-reactive ketones (excluding diaryl/α,β-unsaturated/α-hetero) is 1. The van der Waals surface area contributed by atoms with Crippen molar-refractivity contribution in [3.05, 3.63) is 75.1 Å². The highest BCUT2D eigenvalue weighted by Crippen LogP contribution is 2.21. The van der Waals surface area contributed by atoms with Crippen molar-refractivity contribution in [1.82, 2.24) is 4.90 Å². The van der Waals surface area contributed by atoms with Gasteiger partial charge in [0, 0.05) is 48.5 Å². The zero-order valence-electron chi connectivity index (χ0n) is 15.9. The second kappa shape index (κ2) is 7.72. The minimum atomic E-state index is -0.300. The van der Waals surface area contributed by atoms with Gasteiger partial charge in [-0.3, -0.25) is 14.4 Å². The molecule has 0 spiro atoms. The summed E-state index contributed by atoms with van der Waals surface area (Å²) < 4.78 is 5.66. The monoisotopic (exact) mass is 410 g/mol. The Bertz CT molecular complexity index is 1150. The topological polar surface area (TPSA) is 70.8 Å². The van der Waals surface area contributed by atoms with Gasteiger partial charge in [-0.15, -0.1) is 0 Å². The molecule has 1 amide bonds. The molecule has 1 aliphatic rings. The van der Waals surface area contributed by atoms with E-state index in [2.05, 4.69) is 4.90 Å². The fraction of sp³-hybridized carbons (Fsp3) is 0.227. The fourth-order valence-corrected chi connectivity index (χ4v) is 3.64. The highest BCUT2D eigenvalue weighted by Gasteiger charge is 2.24. The second-order valence-electron chi connectivity index (χ2n) is 7.00. The summed E-state index contributed by atoms with van der Waals surface area (Å²) in [5.74, 6) is -0.235. The van der Waals surface area contributed by atoms with Crippen LogP contribution in [0.25, 0.3) is 11.0 Å². The first kappa shape index (κ1) is 19.2. The van der Waals surface area contributed by atoms with Crippen LogP contribution in [-0.4, -0.2) is 42.8 Å². The Morgan fingerprint density at radius 1 is 0.966 bits per heavy atom. The number of nitrogens with zero attached hydrogens (tertiary/aromatic N) is 2. The van der Waals surface area contributed by atoms with Gasteiger partial charge in [0.25, 0.3) is 5.91 Å². The average Bonchev–Trinajstić information content (AvgIpc) is 2.74. The molecule has 148 valence electrons. The molecule has 0 atom stereocenters. The maximum atomic E-state index is 12.8. The van der Waals surface area contributed by atoms with Crippen molar-refractivity contribution in [2.24, 2.45) is 0 Å². The summed E-state index contributed by atoms with van der Waals surface area (Å²) in [6.45, 7) is 3.86. The Balaban J connectivity index is 1.47. The summed E-state index contributed by atoms with van der Waals surface area (Å²) in [5, 5.41) is 0.796. The first-order chi connectivity index (χ1) is 13.9. The predicted octanol–water partition coefficient (Wildman–Crippen LogP) is 3.61. The van der Waals surface area contributed by atoms with Gasteiger partial charge in [0.15, 0.2) is 17.0 Å². The van der Waals surface area contributed by atoms with E-state index in [0.29, 0.717) is 47.7 Å². The number of hydrogen-bond acceptors (Lipinski definition) is 5. The first-order valence-electron chi connectivity index (χ1n) is 9.31.